The van der Waals surface area contributed by atoms with Crippen LogP contribution in [0.2, 0.25) is 0 Å². The van der Waals surface area contributed by atoms with E-state index in [4.69, 9.17) is 5.11 Å². The van der Waals surface area contributed by atoms with Gasteiger partial charge in [0.1, 0.15) is 0 Å². The minimum absolute atomic E-state index is 0.0397. The summed E-state index contributed by atoms with van der Waals surface area (Å²) in [4.78, 5) is 23.3. The first-order chi connectivity index (χ1) is 9.08. The van der Waals surface area contributed by atoms with Gasteiger partial charge in [0.05, 0.1) is 11.3 Å². The van der Waals surface area contributed by atoms with Crippen LogP contribution in [0.25, 0.3) is 0 Å². The molecule has 0 atom stereocenters. The lowest BCUT2D eigenvalue weighted by molar-refractivity contribution is -0.120. The normalized spacial score (nSPS) is 16.1. The van der Waals surface area contributed by atoms with E-state index >= 15 is 0 Å². The summed E-state index contributed by atoms with van der Waals surface area (Å²) >= 11 is 2.05. The Hall–Kier alpha value is -1.15. The molecule has 2 rings (SSSR count). The van der Waals surface area contributed by atoms with Crippen molar-refractivity contribution in [3.63, 3.8) is 0 Å². The zero-order valence-electron chi connectivity index (χ0n) is 10.3. The van der Waals surface area contributed by atoms with Crippen LogP contribution < -0.4 is 10.6 Å². The Labute approximate surface area is 124 Å². The minimum atomic E-state index is -1.03. The standard InChI is InChI=1S/C13H15IN2O3/c14-9-1-2-11(10(7-9)13(18)19)16-12(17)8-3-5-15-6-4-8/h1-2,7-8,15H,3-6H2,(H,16,17)(H,18,19). The first kappa shape index (κ1) is 14.3. The van der Waals surface area contributed by atoms with Gasteiger partial charge in [0.2, 0.25) is 5.91 Å². The topological polar surface area (TPSA) is 78.4 Å². The number of carboxylic acids is 1. The summed E-state index contributed by atoms with van der Waals surface area (Å²) in [5.74, 6) is -1.16. The van der Waals surface area contributed by atoms with E-state index in [-0.39, 0.29) is 17.4 Å². The highest BCUT2D eigenvalue weighted by Gasteiger charge is 2.22. The van der Waals surface area contributed by atoms with Crippen molar-refractivity contribution in [3.05, 3.63) is 27.3 Å². The number of aromatic carboxylic acids is 1. The van der Waals surface area contributed by atoms with Crippen LogP contribution in [0.4, 0.5) is 5.69 Å². The molecule has 102 valence electrons. The van der Waals surface area contributed by atoms with E-state index in [1.165, 1.54) is 0 Å². The summed E-state index contributed by atoms with van der Waals surface area (Å²) in [7, 11) is 0. The molecule has 0 bridgehead atoms. The molecule has 1 heterocycles. The maximum atomic E-state index is 12.1. The van der Waals surface area contributed by atoms with Crippen molar-refractivity contribution >= 4 is 40.2 Å². The van der Waals surface area contributed by atoms with Crippen LogP contribution in [0.3, 0.4) is 0 Å². The molecule has 1 amide bonds. The number of anilines is 1. The van der Waals surface area contributed by atoms with Gasteiger partial charge in [-0.15, -0.1) is 0 Å². The second kappa shape index (κ2) is 6.33. The number of hydrogen-bond donors (Lipinski definition) is 3. The van der Waals surface area contributed by atoms with Crippen molar-refractivity contribution in [3.8, 4) is 0 Å². The van der Waals surface area contributed by atoms with Gasteiger partial charge in [-0.05, 0) is 66.7 Å². The van der Waals surface area contributed by atoms with E-state index in [0.717, 1.165) is 29.5 Å². The van der Waals surface area contributed by atoms with Crippen molar-refractivity contribution in [1.29, 1.82) is 0 Å². The third-order valence-electron chi connectivity index (χ3n) is 3.18. The Morgan fingerprint density at radius 2 is 2.00 bits per heavy atom. The highest BCUT2D eigenvalue weighted by molar-refractivity contribution is 14.1. The zero-order chi connectivity index (χ0) is 13.8. The summed E-state index contributed by atoms with van der Waals surface area (Å²) in [5.41, 5.74) is 0.505. The second-order valence-corrected chi connectivity index (χ2v) is 5.75. The molecule has 19 heavy (non-hydrogen) atoms. The average molecular weight is 374 g/mol. The summed E-state index contributed by atoms with van der Waals surface area (Å²) < 4.78 is 0.829. The van der Waals surface area contributed by atoms with Crippen molar-refractivity contribution in [1.82, 2.24) is 5.32 Å². The number of hydrogen-bond acceptors (Lipinski definition) is 3. The number of carboxylic acid groups (broad SMARTS) is 1. The predicted octanol–water partition coefficient (Wildman–Crippen LogP) is 1.93. The van der Waals surface area contributed by atoms with Gasteiger partial charge in [-0.25, -0.2) is 4.79 Å². The first-order valence-corrected chi connectivity index (χ1v) is 7.20. The fourth-order valence-corrected chi connectivity index (χ4v) is 2.61. The molecule has 1 fully saturated rings. The molecule has 0 spiro atoms. The van der Waals surface area contributed by atoms with Crippen molar-refractivity contribution in [2.24, 2.45) is 5.92 Å². The molecule has 0 radical (unpaired) electrons. The summed E-state index contributed by atoms with van der Waals surface area (Å²) in [5, 5.41) is 15.1. The highest BCUT2D eigenvalue weighted by atomic mass is 127. The van der Waals surface area contributed by atoms with Gasteiger partial charge in [0.15, 0.2) is 0 Å². The average Bonchev–Trinajstić information content (AvgIpc) is 2.41. The summed E-state index contributed by atoms with van der Waals surface area (Å²) in [6.07, 6.45) is 1.58. The quantitative estimate of drug-likeness (QED) is 0.707. The smallest absolute Gasteiger partial charge is 0.337 e. The molecule has 0 saturated carbocycles. The van der Waals surface area contributed by atoms with Crippen LogP contribution in [0, 0.1) is 9.49 Å². The number of carbonyl (C=O) groups is 2. The monoisotopic (exact) mass is 374 g/mol. The van der Waals surface area contributed by atoms with E-state index in [1.54, 1.807) is 18.2 Å². The Morgan fingerprint density at radius 1 is 1.32 bits per heavy atom. The third kappa shape index (κ3) is 3.66. The van der Waals surface area contributed by atoms with Crippen LogP contribution in [-0.2, 0) is 4.79 Å². The number of piperidine rings is 1. The van der Waals surface area contributed by atoms with Gasteiger partial charge in [0, 0.05) is 9.49 Å². The number of carbonyl (C=O) groups excluding carboxylic acids is 1. The highest BCUT2D eigenvalue weighted by Crippen LogP contribution is 2.21. The summed E-state index contributed by atoms with van der Waals surface area (Å²) in [6, 6.07) is 4.98. The minimum Gasteiger partial charge on any atom is -0.478 e. The molecule has 5 nitrogen and oxygen atoms in total. The zero-order valence-corrected chi connectivity index (χ0v) is 12.4. The molecular formula is C13H15IN2O3. The Bertz CT molecular complexity index is 499. The van der Waals surface area contributed by atoms with Crippen LogP contribution in [-0.4, -0.2) is 30.1 Å². The number of halogens is 1. The van der Waals surface area contributed by atoms with Crippen molar-refractivity contribution in [2.75, 3.05) is 18.4 Å². The van der Waals surface area contributed by atoms with Crippen LogP contribution in [0.5, 0.6) is 0 Å². The number of rotatable bonds is 3. The van der Waals surface area contributed by atoms with E-state index in [2.05, 4.69) is 10.6 Å². The number of benzene rings is 1. The molecule has 3 N–H and O–H groups in total. The molecular weight excluding hydrogens is 359 g/mol. The van der Waals surface area contributed by atoms with Gasteiger partial charge in [-0.3, -0.25) is 4.79 Å². The van der Waals surface area contributed by atoms with E-state index in [1.807, 2.05) is 22.6 Å². The second-order valence-electron chi connectivity index (χ2n) is 4.51. The van der Waals surface area contributed by atoms with Crippen LogP contribution >= 0.6 is 22.6 Å². The molecule has 6 heteroatoms. The SMILES string of the molecule is O=C(O)c1cc(I)ccc1NC(=O)C1CCNCC1. The maximum Gasteiger partial charge on any atom is 0.337 e. The largest absolute Gasteiger partial charge is 0.478 e. The fourth-order valence-electron chi connectivity index (χ4n) is 2.12. The van der Waals surface area contributed by atoms with Gasteiger partial charge < -0.3 is 15.7 Å². The van der Waals surface area contributed by atoms with Gasteiger partial charge >= 0.3 is 5.97 Å². The van der Waals surface area contributed by atoms with Gasteiger partial charge in [0.25, 0.3) is 0 Å². The van der Waals surface area contributed by atoms with Crippen molar-refractivity contribution in [2.45, 2.75) is 12.8 Å². The molecule has 0 unspecified atom stereocenters. The predicted molar refractivity (Wildman–Crippen MR) is 80.3 cm³/mol. The molecule has 1 saturated heterocycles. The van der Waals surface area contributed by atoms with Crippen molar-refractivity contribution < 1.29 is 14.7 Å². The maximum absolute atomic E-state index is 12.1. The Kier molecular flexibility index (Phi) is 4.76. The van der Waals surface area contributed by atoms with Crippen LogP contribution in [0.15, 0.2) is 18.2 Å². The summed E-state index contributed by atoms with van der Waals surface area (Å²) in [6.45, 7) is 1.66. The lowest BCUT2D eigenvalue weighted by atomic mass is 9.97. The molecule has 1 aromatic carbocycles. The fraction of sp³-hybridized carbons (Fsp3) is 0.385. The van der Waals surface area contributed by atoms with Gasteiger partial charge in [-0.2, -0.15) is 0 Å². The first-order valence-electron chi connectivity index (χ1n) is 6.12. The third-order valence-corrected chi connectivity index (χ3v) is 3.85. The molecule has 1 aromatic rings. The van der Waals surface area contributed by atoms with E-state index in [0.29, 0.717) is 5.69 Å². The molecule has 1 aliphatic heterocycles. The number of nitrogens with one attached hydrogen (secondary N) is 2. The van der Waals surface area contributed by atoms with E-state index < -0.39 is 5.97 Å². The lowest BCUT2D eigenvalue weighted by Gasteiger charge is -2.22. The molecule has 1 aliphatic rings. The lowest BCUT2D eigenvalue weighted by Crippen LogP contribution is -2.34. The van der Waals surface area contributed by atoms with Gasteiger partial charge in [-0.1, -0.05) is 0 Å². The van der Waals surface area contributed by atoms with Crippen LogP contribution in [0.1, 0.15) is 23.2 Å². The Morgan fingerprint density at radius 3 is 2.63 bits per heavy atom. The number of amides is 1. The Balaban J connectivity index is 2.13. The van der Waals surface area contributed by atoms with E-state index in [9.17, 15) is 9.59 Å². The molecule has 0 aliphatic carbocycles. The molecule has 0 aromatic heterocycles.